The van der Waals surface area contributed by atoms with E-state index in [2.05, 4.69) is 26.1 Å². The molecule has 5 heteroatoms. The lowest BCUT2D eigenvalue weighted by molar-refractivity contribution is 0.710. The third-order valence-corrected chi connectivity index (χ3v) is 3.96. The lowest BCUT2D eigenvalue weighted by atomic mass is 10.1. The van der Waals surface area contributed by atoms with Crippen molar-refractivity contribution in [1.82, 2.24) is 15.2 Å². The Labute approximate surface area is 104 Å². The van der Waals surface area contributed by atoms with E-state index in [9.17, 15) is 0 Å². The second-order valence-corrected chi connectivity index (χ2v) is 5.40. The van der Waals surface area contributed by atoms with Crippen molar-refractivity contribution in [2.24, 2.45) is 0 Å². The molecule has 1 aliphatic rings. The molecule has 1 aliphatic heterocycles. The second kappa shape index (κ2) is 4.41. The van der Waals surface area contributed by atoms with Crippen molar-refractivity contribution in [3.63, 3.8) is 0 Å². The van der Waals surface area contributed by atoms with Gasteiger partial charge in [-0.2, -0.15) is 0 Å². The van der Waals surface area contributed by atoms with Crippen LogP contribution in [0.1, 0.15) is 29.5 Å². The zero-order chi connectivity index (χ0) is 11.7. The summed E-state index contributed by atoms with van der Waals surface area (Å²) in [5, 5.41) is 10.4. The fourth-order valence-corrected chi connectivity index (χ4v) is 3.08. The van der Waals surface area contributed by atoms with E-state index >= 15 is 0 Å². The van der Waals surface area contributed by atoms with Crippen molar-refractivity contribution >= 4 is 16.5 Å². The molecule has 88 valence electrons. The van der Waals surface area contributed by atoms with Gasteiger partial charge >= 0.3 is 0 Å². The van der Waals surface area contributed by atoms with Gasteiger partial charge in [-0.1, -0.05) is 17.4 Å². The number of aromatic nitrogens is 3. The normalized spacial score (nSPS) is 19.8. The molecular formula is C12H14N4S. The summed E-state index contributed by atoms with van der Waals surface area (Å²) in [6.07, 6.45) is 6.15. The highest BCUT2D eigenvalue weighted by molar-refractivity contribution is 7.15. The monoisotopic (exact) mass is 246 g/mol. The van der Waals surface area contributed by atoms with E-state index in [4.69, 9.17) is 0 Å². The summed E-state index contributed by atoms with van der Waals surface area (Å²) in [5.74, 6) is 0. The molecule has 1 saturated heterocycles. The first-order valence-corrected chi connectivity index (χ1v) is 6.63. The van der Waals surface area contributed by atoms with E-state index in [1.165, 1.54) is 18.4 Å². The van der Waals surface area contributed by atoms with Crippen molar-refractivity contribution in [3.05, 3.63) is 35.1 Å². The van der Waals surface area contributed by atoms with Crippen LogP contribution < -0.4 is 4.90 Å². The Bertz CT molecular complexity index is 496. The summed E-state index contributed by atoms with van der Waals surface area (Å²) in [4.78, 5) is 6.55. The summed E-state index contributed by atoms with van der Waals surface area (Å²) in [6.45, 7) is 3.06. The summed E-state index contributed by atoms with van der Waals surface area (Å²) in [5.41, 5.74) is 1.28. The van der Waals surface area contributed by atoms with E-state index in [-0.39, 0.29) is 0 Å². The third kappa shape index (κ3) is 2.02. The van der Waals surface area contributed by atoms with Crippen LogP contribution in [-0.4, -0.2) is 21.7 Å². The second-order valence-electron chi connectivity index (χ2n) is 4.24. The molecule has 0 amide bonds. The maximum Gasteiger partial charge on any atom is 0.208 e. The Morgan fingerprint density at radius 3 is 3.06 bits per heavy atom. The van der Waals surface area contributed by atoms with Crippen LogP contribution in [0.15, 0.2) is 24.5 Å². The smallest absolute Gasteiger partial charge is 0.208 e. The number of aryl methyl sites for hydroxylation is 1. The highest BCUT2D eigenvalue weighted by atomic mass is 32.1. The lowest BCUT2D eigenvalue weighted by Gasteiger charge is -2.23. The molecule has 0 radical (unpaired) electrons. The molecule has 0 aromatic carbocycles. The van der Waals surface area contributed by atoms with Crippen LogP contribution in [0.5, 0.6) is 0 Å². The van der Waals surface area contributed by atoms with Crippen molar-refractivity contribution in [1.29, 1.82) is 0 Å². The fraction of sp³-hybridized carbons (Fsp3) is 0.417. The molecule has 3 rings (SSSR count). The highest BCUT2D eigenvalue weighted by Gasteiger charge is 2.28. The largest absolute Gasteiger partial charge is 0.340 e. The Hall–Kier alpha value is -1.49. The number of nitrogens with zero attached hydrogens (tertiary/aromatic N) is 4. The number of hydrogen-bond acceptors (Lipinski definition) is 5. The number of pyridine rings is 1. The average Bonchev–Trinajstić information content (AvgIpc) is 2.98. The molecule has 3 heterocycles. The summed E-state index contributed by atoms with van der Waals surface area (Å²) < 4.78 is 0. The number of hydrogen-bond donors (Lipinski definition) is 0. The molecule has 0 N–H and O–H groups in total. The third-order valence-electron chi connectivity index (χ3n) is 3.08. The van der Waals surface area contributed by atoms with Crippen molar-refractivity contribution < 1.29 is 0 Å². The molecule has 0 spiro atoms. The minimum Gasteiger partial charge on any atom is -0.340 e. The lowest BCUT2D eigenvalue weighted by Crippen LogP contribution is -2.22. The molecule has 0 aliphatic carbocycles. The number of anilines is 1. The summed E-state index contributed by atoms with van der Waals surface area (Å²) >= 11 is 1.67. The minimum atomic E-state index is 0.413. The summed E-state index contributed by atoms with van der Waals surface area (Å²) in [7, 11) is 0. The van der Waals surface area contributed by atoms with Crippen LogP contribution in [0.3, 0.4) is 0 Å². The molecule has 2 aromatic heterocycles. The van der Waals surface area contributed by atoms with Crippen LogP contribution in [0, 0.1) is 6.92 Å². The Morgan fingerprint density at radius 2 is 2.35 bits per heavy atom. The first-order chi connectivity index (χ1) is 8.34. The Kier molecular flexibility index (Phi) is 2.76. The molecule has 4 nitrogen and oxygen atoms in total. The van der Waals surface area contributed by atoms with Gasteiger partial charge in [0.25, 0.3) is 0 Å². The average molecular weight is 246 g/mol. The van der Waals surface area contributed by atoms with Crippen molar-refractivity contribution in [2.45, 2.75) is 25.8 Å². The predicted molar refractivity (Wildman–Crippen MR) is 68.2 cm³/mol. The van der Waals surface area contributed by atoms with Crippen LogP contribution in [0.2, 0.25) is 0 Å². The van der Waals surface area contributed by atoms with Gasteiger partial charge in [0, 0.05) is 18.9 Å². The quantitative estimate of drug-likeness (QED) is 0.816. The van der Waals surface area contributed by atoms with Gasteiger partial charge in [-0.25, -0.2) is 0 Å². The van der Waals surface area contributed by atoms with Gasteiger partial charge in [0.05, 0.1) is 6.04 Å². The van der Waals surface area contributed by atoms with E-state index in [0.717, 1.165) is 16.7 Å². The molecule has 1 fully saturated rings. The molecule has 1 atom stereocenters. The van der Waals surface area contributed by atoms with Crippen LogP contribution in [0.25, 0.3) is 0 Å². The maximum atomic E-state index is 4.25. The minimum absolute atomic E-state index is 0.413. The molecule has 17 heavy (non-hydrogen) atoms. The van der Waals surface area contributed by atoms with Gasteiger partial charge in [0.15, 0.2) is 0 Å². The predicted octanol–water partition coefficient (Wildman–Crippen LogP) is 2.58. The van der Waals surface area contributed by atoms with Crippen molar-refractivity contribution in [3.8, 4) is 0 Å². The topological polar surface area (TPSA) is 41.9 Å². The maximum absolute atomic E-state index is 4.25. The van der Waals surface area contributed by atoms with E-state index in [1.54, 1.807) is 11.3 Å². The zero-order valence-electron chi connectivity index (χ0n) is 9.71. The highest BCUT2D eigenvalue weighted by Crippen LogP contribution is 2.36. The molecular weight excluding hydrogens is 232 g/mol. The van der Waals surface area contributed by atoms with E-state index in [0.29, 0.717) is 6.04 Å². The van der Waals surface area contributed by atoms with Crippen LogP contribution in [-0.2, 0) is 0 Å². The van der Waals surface area contributed by atoms with Gasteiger partial charge in [-0.05, 0) is 31.4 Å². The SMILES string of the molecule is Cc1nnc(N2CCCC2c2cccnc2)s1. The standard InChI is InChI=1S/C12H14N4S/c1-9-14-15-12(17-9)16-7-3-5-11(16)10-4-2-6-13-8-10/h2,4,6,8,11H,3,5,7H2,1H3. The first kappa shape index (κ1) is 10.7. The zero-order valence-corrected chi connectivity index (χ0v) is 10.5. The van der Waals surface area contributed by atoms with Gasteiger partial charge in [0.1, 0.15) is 5.01 Å². The summed E-state index contributed by atoms with van der Waals surface area (Å²) in [6, 6.07) is 4.55. The molecule has 1 unspecified atom stereocenters. The van der Waals surface area contributed by atoms with Crippen molar-refractivity contribution in [2.75, 3.05) is 11.4 Å². The first-order valence-electron chi connectivity index (χ1n) is 5.81. The van der Waals surface area contributed by atoms with Crippen LogP contribution >= 0.6 is 11.3 Å². The van der Waals surface area contributed by atoms with E-state index in [1.807, 2.05) is 25.4 Å². The van der Waals surface area contributed by atoms with Gasteiger partial charge in [-0.15, -0.1) is 10.2 Å². The van der Waals surface area contributed by atoms with E-state index < -0.39 is 0 Å². The Balaban J connectivity index is 1.90. The fourth-order valence-electron chi connectivity index (χ4n) is 2.32. The van der Waals surface area contributed by atoms with Gasteiger partial charge in [-0.3, -0.25) is 4.98 Å². The van der Waals surface area contributed by atoms with Crippen LogP contribution in [0.4, 0.5) is 5.13 Å². The Morgan fingerprint density at radius 1 is 1.41 bits per heavy atom. The van der Waals surface area contributed by atoms with Gasteiger partial charge in [0.2, 0.25) is 5.13 Å². The molecule has 0 saturated carbocycles. The van der Waals surface area contributed by atoms with Gasteiger partial charge < -0.3 is 4.90 Å². The molecule has 2 aromatic rings. The molecule has 0 bridgehead atoms. The number of rotatable bonds is 2.